The van der Waals surface area contributed by atoms with Gasteiger partial charge in [-0.1, -0.05) is 41.6 Å². The van der Waals surface area contributed by atoms with E-state index in [1.165, 1.54) is 29.2 Å². The number of ether oxygens (including phenoxy) is 2. The fraction of sp³-hybridized carbons (Fsp3) is 0.323. The van der Waals surface area contributed by atoms with Gasteiger partial charge in [0.15, 0.2) is 5.75 Å². The van der Waals surface area contributed by atoms with Crippen LogP contribution in [0.2, 0.25) is 0 Å². The van der Waals surface area contributed by atoms with Crippen molar-refractivity contribution in [2.24, 2.45) is 5.92 Å². The maximum Gasteiger partial charge on any atom is 0.328 e. The van der Waals surface area contributed by atoms with E-state index in [1.807, 2.05) is 12.1 Å². The highest BCUT2D eigenvalue weighted by Crippen LogP contribution is 2.37. The molecule has 1 fully saturated rings. The van der Waals surface area contributed by atoms with Crippen LogP contribution in [0, 0.1) is 5.92 Å². The second-order valence-corrected chi connectivity index (χ2v) is 9.76. The zero-order valence-corrected chi connectivity index (χ0v) is 22.7. The van der Waals surface area contributed by atoms with Gasteiger partial charge >= 0.3 is 11.9 Å². The minimum Gasteiger partial charge on any atom is -0.493 e. The summed E-state index contributed by atoms with van der Waals surface area (Å²) < 4.78 is 16.4. The molecule has 4 aromatic rings. The first-order valence-electron chi connectivity index (χ1n) is 13.2. The molecule has 3 aromatic carbocycles. The molecule has 0 atom stereocenters. The van der Waals surface area contributed by atoms with Crippen molar-refractivity contribution >= 4 is 33.7 Å². The van der Waals surface area contributed by atoms with Crippen LogP contribution in [0.15, 0.2) is 71.3 Å². The maximum atomic E-state index is 9.55. The van der Waals surface area contributed by atoms with Crippen molar-refractivity contribution < 1.29 is 33.8 Å². The van der Waals surface area contributed by atoms with E-state index < -0.39 is 11.9 Å². The summed E-state index contributed by atoms with van der Waals surface area (Å²) in [5, 5.41) is 23.6. The summed E-state index contributed by atoms with van der Waals surface area (Å²) in [5.74, 6) is -0.498. The first kappa shape index (κ1) is 28.6. The van der Waals surface area contributed by atoms with Crippen LogP contribution in [0.25, 0.3) is 21.7 Å². The quantitative estimate of drug-likeness (QED) is 0.260. The van der Waals surface area contributed by atoms with Gasteiger partial charge in [0, 0.05) is 24.1 Å². The van der Waals surface area contributed by atoms with Crippen molar-refractivity contribution in [1.82, 2.24) is 10.1 Å². The molecule has 1 saturated heterocycles. The van der Waals surface area contributed by atoms with E-state index in [9.17, 15) is 9.59 Å². The molecule has 2 N–H and O–H groups in total. The maximum absolute atomic E-state index is 9.55. The van der Waals surface area contributed by atoms with Gasteiger partial charge in [-0.2, -0.15) is 0 Å². The molecule has 0 aliphatic carbocycles. The molecule has 0 bridgehead atoms. The average Bonchev–Trinajstić information content (AvgIpc) is 3.38. The molecule has 1 aliphatic rings. The number of piperidine rings is 1. The lowest BCUT2D eigenvalue weighted by Gasteiger charge is -2.32. The fourth-order valence-corrected chi connectivity index (χ4v) is 5.06. The van der Waals surface area contributed by atoms with E-state index in [0.29, 0.717) is 29.2 Å². The largest absolute Gasteiger partial charge is 0.493 e. The Morgan fingerprint density at radius 2 is 1.68 bits per heavy atom. The highest BCUT2D eigenvalue weighted by molar-refractivity contribution is 5.89. The molecule has 9 heteroatoms. The van der Waals surface area contributed by atoms with Crippen LogP contribution in [-0.4, -0.2) is 59.5 Å². The highest BCUT2D eigenvalue weighted by atomic mass is 16.5. The Bertz CT molecular complexity index is 1470. The fourth-order valence-electron chi connectivity index (χ4n) is 5.06. The standard InChI is InChI=1S/C27H30N2O3.C4H4O4/c1-30-25-12-10-23-24(28-32-26(23)27(25)31-2)11-8-19-13-15-29(16-14-19)18-20-7-9-21-5-3-4-6-22(21)17-20;5-3(6)1-2-4(7)8/h3-7,9-10,12,17,19H,8,11,13-16,18H2,1-2H3;1-2H,(H,5,6)(H,7,8)/b;2-1+. The Morgan fingerprint density at radius 3 is 2.33 bits per heavy atom. The number of carboxylic acid groups (broad SMARTS) is 2. The van der Waals surface area contributed by atoms with Crippen LogP contribution in [0.5, 0.6) is 11.5 Å². The molecule has 210 valence electrons. The van der Waals surface area contributed by atoms with E-state index in [2.05, 4.69) is 52.5 Å². The number of likely N-dealkylation sites (tertiary alicyclic amines) is 1. The number of fused-ring (bicyclic) bond motifs is 2. The van der Waals surface area contributed by atoms with E-state index >= 15 is 0 Å². The summed E-state index contributed by atoms with van der Waals surface area (Å²) in [6.45, 7) is 3.34. The SMILES string of the molecule is COc1ccc2c(CCC3CCN(Cc4ccc5ccccc5c4)CC3)noc2c1OC.O=C(O)/C=C/C(=O)O. The molecule has 2 heterocycles. The second-order valence-electron chi connectivity index (χ2n) is 9.76. The Morgan fingerprint density at radius 1 is 0.975 bits per heavy atom. The van der Waals surface area contributed by atoms with Crippen LogP contribution in [0.1, 0.15) is 30.5 Å². The van der Waals surface area contributed by atoms with Crippen molar-refractivity contribution in [3.63, 3.8) is 0 Å². The molecule has 1 aromatic heterocycles. The van der Waals surface area contributed by atoms with Crippen molar-refractivity contribution in [3.05, 3.63) is 78.0 Å². The van der Waals surface area contributed by atoms with Crippen molar-refractivity contribution in [2.75, 3.05) is 27.3 Å². The van der Waals surface area contributed by atoms with E-state index in [0.717, 1.165) is 49.5 Å². The summed E-state index contributed by atoms with van der Waals surface area (Å²) in [5.41, 5.74) is 3.09. The number of methoxy groups -OCH3 is 2. The molecule has 0 spiro atoms. The molecular formula is C31H34N2O7. The Kier molecular flexibility index (Phi) is 9.75. The van der Waals surface area contributed by atoms with Crippen molar-refractivity contribution in [1.29, 1.82) is 0 Å². The van der Waals surface area contributed by atoms with Gasteiger partial charge in [0.25, 0.3) is 0 Å². The van der Waals surface area contributed by atoms with Crippen LogP contribution in [-0.2, 0) is 22.6 Å². The lowest BCUT2D eigenvalue weighted by atomic mass is 9.91. The third kappa shape index (κ3) is 7.39. The molecule has 5 rings (SSSR count). The van der Waals surface area contributed by atoms with E-state index in [4.69, 9.17) is 24.2 Å². The first-order chi connectivity index (χ1) is 19.4. The van der Waals surface area contributed by atoms with Crippen LogP contribution in [0.3, 0.4) is 0 Å². The number of benzene rings is 3. The minimum atomic E-state index is -1.26. The monoisotopic (exact) mass is 546 g/mol. The number of hydrogen-bond acceptors (Lipinski definition) is 7. The van der Waals surface area contributed by atoms with Gasteiger partial charge in [0.05, 0.1) is 19.9 Å². The number of rotatable bonds is 9. The number of carboxylic acids is 2. The first-order valence-corrected chi connectivity index (χ1v) is 13.2. The van der Waals surface area contributed by atoms with Crippen LogP contribution in [0.4, 0.5) is 0 Å². The van der Waals surface area contributed by atoms with Crippen molar-refractivity contribution in [2.45, 2.75) is 32.2 Å². The smallest absolute Gasteiger partial charge is 0.328 e. The predicted octanol–water partition coefficient (Wildman–Crippen LogP) is 5.55. The Hall–Kier alpha value is -4.37. The summed E-state index contributed by atoms with van der Waals surface area (Å²) in [6, 6.07) is 19.4. The van der Waals surface area contributed by atoms with Gasteiger partial charge in [-0.15, -0.1) is 0 Å². The number of hydrogen-bond donors (Lipinski definition) is 2. The molecule has 1 aliphatic heterocycles. The summed E-state index contributed by atoms with van der Waals surface area (Å²) in [7, 11) is 3.26. The van der Waals surface area contributed by atoms with Gasteiger partial charge < -0.3 is 24.2 Å². The number of nitrogens with zero attached hydrogens (tertiary/aromatic N) is 2. The van der Waals surface area contributed by atoms with Gasteiger partial charge in [-0.05, 0) is 79.2 Å². The highest BCUT2D eigenvalue weighted by Gasteiger charge is 2.22. The lowest BCUT2D eigenvalue weighted by molar-refractivity contribution is -0.134. The molecule has 0 unspecified atom stereocenters. The number of carbonyl (C=O) groups is 2. The van der Waals surface area contributed by atoms with Gasteiger partial charge in [-0.3, -0.25) is 4.90 Å². The van der Waals surface area contributed by atoms with Crippen LogP contribution >= 0.6 is 0 Å². The third-order valence-electron chi connectivity index (χ3n) is 7.14. The van der Waals surface area contributed by atoms with Crippen LogP contribution < -0.4 is 9.47 Å². The topological polar surface area (TPSA) is 122 Å². The third-order valence-corrected chi connectivity index (χ3v) is 7.14. The molecule has 0 amide bonds. The average molecular weight is 547 g/mol. The Labute approximate surface area is 232 Å². The number of aromatic nitrogens is 1. The van der Waals surface area contributed by atoms with Gasteiger partial charge in [0.1, 0.15) is 0 Å². The summed E-state index contributed by atoms with van der Waals surface area (Å²) >= 11 is 0. The summed E-state index contributed by atoms with van der Waals surface area (Å²) in [4.78, 5) is 21.7. The summed E-state index contributed by atoms with van der Waals surface area (Å²) in [6.07, 6.45) is 5.66. The predicted molar refractivity (Wildman–Crippen MR) is 152 cm³/mol. The molecule has 0 radical (unpaired) electrons. The van der Waals surface area contributed by atoms with Gasteiger partial charge in [-0.25, -0.2) is 9.59 Å². The molecule has 0 saturated carbocycles. The van der Waals surface area contributed by atoms with Gasteiger partial charge in [0.2, 0.25) is 11.3 Å². The van der Waals surface area contributed by atoms with Crippen molar-refractivity contribution in [3.8, 4) is 11.5 Å². The number of aliphatic carboxylic acids is 2. The minimum absolute atomic E-state index is 0.558. The lowest BCUT2D eigenvalue weighted by Crippen LogP contribution is -2.33. The zero-order valence-electron chi connectivity index (χ0n) is 22.7. The molecule has 40 heavy (non-hydrogen) atoms. The zero-order chi connectivity index (χ0) is 28.5. The normalized spacial score (nSPS) is 14.2. The number of aryl methyl sites for hydroxylation is 1. The Balaban J connectivity index is 0.000000406. The molecular weight excluding hydrogens is 512 g/mol. The second kappa shape index (κ2) is 13.6. The van der Waals surface area contributed by atoms with E-state index in [1.54, 1.807) is 14.2 Å². The molecule has 9 nitrogen and oxygen atoms in total. The van der Waals surface area contributed by atoms with E-state index in [-0.39, 0.29) is 0 Å².